The van der Waals surface area contributed by atoms with Crippen molar-refractivity contribution in [2.75, 3.05) is 13.2 Å². The van der Waals surface area contributed by atoms with Crippen LogP contribution in [-0.4, -0.2) is 13.2 Å². The van der Waals surface area contributed by atoms with Gasteiger partial charge in [0.05, 0.1) is 12.5 Å². The van der Waals surface area contributed by atoms with Crippen molar-refractivity contribution in [2.24, 2.45) is 0 Å². The van der Waals surface area contributed by atoms with Gasteiger partial charge in [0.15, 0.2) is 0 Å². The van der Waals surface area contributed by atoms with E-state index >= 15 is 0 Å². The van der Waals surface area contributed by atoms with Crippen LogP contribution in [0, 0.1) is 11.3 Å². The third-order valence-electron chi connectivity index (χ3n) is 3.08. The standard InChI is InChI=1S/C16H13NO2/c17-8-4-10-18-15-11-12-5-3-9-19-16(12)14-7-2-1-6-13(14)15/h1-3,5-7,11H,4,9-10H2. The maximum Gasteiger partial charge on any atom is 0.135 e. The quantitative estimate of drug-likeness (QED) is 0.783. The molecule has 1 heterocycles. The van der Waals surface area contributed by atoms with Crippen LogP contribution in [0.4, 0.5) is 0 Å². The molecule has 0 saturated carbocycles. The van der Waals surface area contributed by atoms with Gasteiger partial charge in [0.1, 0.15) is 24.7 Å². The monoisotopic (exact) mass is 251 g/mol. The van der Waals surface area contributed by atoms with Crippen LogP contribution >= 0.6 is 0 Å². The first-order chi connectivity index (χ1) is 9.40. The lowest BCUT2D eigenvalue weighted by atomic mass is 10.0. The molecule has 3 heteroatoms. The van der Waals surface area contributed by atoms with E-state index in [2.05, 4.69) is 6.07 Å². The lowest BCUT2D eigenvalue weighted by molar-refractivity contribution is 0.328. The van der Waals surface area contributed by atoms with Gasteiger partial charge in [0.2, 0.25) is 0 Å². The largest absolute Gasteiger partial charge is 0.492 e. The number of fused-ring (bicyclic) bond motifs is 3. The average Bonchev–Trinajstić information content (AvgIpc) is 2.47. The lowest BCUT2D eigenvalue weighted by Crippen LogP contribution is -2.03. The first kappa shape index (κ1) is 11.6. The molecule has 0 bridgehead atoms. The number of hydrogen-bond acceptors (Lipinski definition) is 3. The van der Waals surface area contributed by atoms with E-state index in [1.165, 1.54) is 0 Å². The van der Waals surface area contributed by atoms with E-state index in [0.29, 0.717) is 19.6 Å². The second kappa shape index (κ2) is 5.03. The molecule has 1 aliphatic rings. The molecule has 0 fully saturated rings. The Morgan fingerprint density at radius 3 is 2.95 bits per heavy atom. The van der Waals surface area contributed by atoms with Gasteiger partial charge in [-0.25, -0.2) is 0 Å². The van der Waals surface area contributed by atoms with Gasteiger partial charge in [-0.05, 0) is 12.1 Å². The molecule has 0 saturated heterocycles. The summed E-state index contributed by atoms with van der Waals surface area (Å²) in [4.78, 5) is 0. The van der Waals surface area contributed by atoms with Gasteiger partial charge in [-0.15, -0.1) is 0 Å². The fraction of sp³-hybridized carbons (Fsp3) is 0.188. The van der Waals surface area contributed by atoms with Crippen LogP contribution in [0.25, 0.3) is 16.8 Å². The molecular weight excluding hydrogens is 238 g/mol. The van der Waals surface area contributed by atoms with Crippen LogP contribution in [0.15, 0.2) is 36.4 Å². The molecule has 94 valence electrons. The predicted molar refractivity (Wildman–Crippen MR) is 74.2 cm³/mol. The van der Waals surface area contributed by atoms with Crippen LogP contribution in [-0.2, 0) is 0 Å². The van der Waals surface area contributed by atoms with E-state index in [4.69, 9.17) is 14.7 Å². The van der Waals surface area contributed by atoms with Crippen LogP contribution in [0.5, 0.6) is 11.5 Å². The zero-order chi connectivity index (χ0) is 13.1. The summed E-state index contributed by atoms with van der Waals surface area (Å²) in [6.45, 7) is 1.01. The van der Waals surface area contributed by atoms with Crippen LogP contribution in [0.2, 0.25) is 0 Å². The highest BCUT2D eigenvalue weighted by molar-refractivity contribution is 5.96. The Morgan fingerprint density at radius 2 is 2.11 bits per heavy atom. The Morgan fingerprint density at radius 1 is 1.26 bits per heavy atom. The molecule has 3 nitrogen and oxygen atoms in total. The van der Waals surface area contributed by atoms with Crippen molar-refractivity contribution in [3.63, 3.8) is 0 Å². The van der Waals surface area contributed by atoms with Gasteiger partial charge in [-0.2, -0.15) is 5.26 Å². The number of benzene rings is 2. The highest BCUT2D eigenvalue weighted by atomic mass is 16.5. The topological polar surface area (TPSA) is 42.2 Å². The number of nitrogens with zero attached hydrogens (tertiary/aromatic N) is 1. The molecule has 0 radical (unpaired) electrons. The van der Waals surface area contributed by atoms with Gasteiger partial charge in [0, 0.05) is 16.3 Å². The Hall–Kier alpha value is -2.47. The van der Waals surface area contributed by atoms with E-state index in [0.717, 1.165) is 27.8 Å². The van der Waals surface area contributed by atoms with Crippen molar-refractivity contribution in [3.8, 4) is 17.6 Å². The van der Waals surface area contributed by atoms with Gasteiger partial charge >= 0.3 is 0 Å². The van der Waals surface area contributed by atoms with Crippen molar-refractivity contribution >= 4 is 16.8 Å². The fourth-order valence-electron chi connectivity index (χ4n) is 2.25. The Kier molecular flexibility index (Phi) is 3.07. The summed E-state index contributed by atoms with van der Waals surface area (Å²) in [5, 5.41) is 10.7. The molecular formula is C16H13NO2. The minimum Gasteiger partial charge on any atom is -0.492 e. The normalized spacial score (nSPS) is 12.6. The summed E-state index contributed by atoms with van der Waals surface area (Å²) in [6, 6.07) is 12.1. The first-order valence-electron chi connectivity index (χ1n) is 6.25. The van der Waals surface area contributed by atoms with Crippen molar-refractivity contribution in [3.05, 3.63) is 42.0 Å². The molecule has 0 N–H and O–H groups in total. The van der Waals surface area contributed by atoms with Crippen molar-refractivity contribution < 1.29 is 9.47 Å². The summed E-state index contributed by atoms with van der Waals surface area (Å²) >= 11 is 0. The third-order valence-corrected chi connectivity index (χ3v) is 3.08. The Bertz CT molecular complexity index is 683. The summed E-state index contributed by atoms with van der Waals surface area (Å²) in [7, 11) is 0. The molecule has 0 unspecified atom stereocenters. The molecule has 0 aromatic heterocycles. The van der Waals surface area contributed by atoms with E-state index < -0.39 is 0 Å². The average molecular weight is 251 g/mol. The minimum absolute atomic E-state index is 0.387. The maximum absolute atomic E-state index is 8.59. The molecule has 2 aromatic carbocycles. The molecule has 0 amide bonds. The van der Waals surface area contributed by atoms with Gasteiger partial charge in [-0.1, -0.05) is 30.3 Å². The summed E-state index contributed by atoms with van der Waals surface area (Å²) in [5.41, 5.74) is 1.02. The SMILES string of the molecule is N#CCCOc1cc2c(c3ccccc13)OCC=C2. The van der Waals surface area contributed by atoms with E-state index in [1.54, 1.807) is 0 Å². The van der Waals surface area contributed by atoms with E-state index in [-0.39, 0.29) is 0 Å². The lowest BCUT2D eigenvalue weighted by Gasteiger charge is -2.17. The van der Waals surface area contributed by atoms with Crippen molar-refractivity contribution in [1.82, 2.24) is 0 Å². The maximum atomic E-state index is 8.59. The minimum atomic E-state index is 0.387. The molecule has 2 aromatic rings. The van der Waals surface area contributed by atoms with Crippen LogP contribution in [0.1, 0.15) is 12.0 Å². The van der Waals surface area contributed by atoms with E-state index in [1.807, 2.05) is 42.5 Å². The van der Waals surface area contributed by atoms with E-state index in [9.17, 15) is 0 Å². The number of ether oxygens (including phenoxy) is 2. The highest BCUT2D eigenvalue weighted by Crippen LogP contribution is 2.38. The molecule has 0 spiro atoms. The number of rotatable bonds is 3. The Balaban J connectivity index is 2.12. The second-order valence-electron chi connectivity index (χ2n) is 4.31. The summed E-state index contributed by atoms with van der Waals surface area (Å²) in [5.74, 6) is 1.71. The van der Waals surface area contributed by atoms with Crippen molar-refractivity contribution in [1.29, 1.82) is 5.26 Å². The molecule has 0 atom stereocenters. The first-order valence-corrected chi connectivity index (χ1v) is 6.25. The summed E-state index contributed by atoms with van der Waals surface area (Å²) < 4.78 is 11.4. The highest BCUT2D eigenvalue weighted by Gasteiger charge is 2.14. The van der Waals surface area contributed by atoms with Crippen molar-refractivity contribution in [2.45, 2.75) is 6.42 Å². The van der Waals surface area contributed by atoms with Gasteiger partial charge in [0.25, 0.3) is 0 Å². The number of hydrogen-bond donors (Lipinski definition) is 0. The van der Waals surface area contributed by atoms with Crippen LogP contribution in [0.3, 0.4) is 0 Å². The molecule has 3 rings (SSSR count). The Labute approximate surface area is 111 Å². The molecule has 19 heavy (non-hydrogen) atoms. The smallest absolute Gasteiger partial charge is 0.135 e. The molecule has 0 aliphatic carbocycles. The zero-order valence-corrected chi connectivity index (χ0v) is 10.4. The number of nitriles is 1. The van der Waals surface area contributed by atoms with Gasteiger partial charge in [-0.3, -0.25) is 0 Å². The second-order valence-corrected chi connectivity index (χ2v) is 4.31. The fourth-order valence-corrected chi connectivity index (χ4v) is 2.25. The third kappa shape index (κ3) is 2.13. The zero-order valence-electron chi connectivity index (χ0n) is 10.4. The summed E-state index contributed by atoms with van der Waals surface area (Å²) in [6.07, 6.45) is 4.41. The van der Waals surface area contributed by atoms with Crippen LogP contribution < -0.4 is 9.47 Å². The van der Waals surface area contributed by atoms with Gasteiger partial charge < -0.3 is 9.47 Å². The predicted octanol–water partition coefficient (Wildman–Crippen LogP) is 3.54. The molecule has 1 aliphatic heterocycles.